The summed E-state index contributed by atoms with van der Waals surface area (Å²) in [6.07, 6.45) is 1.64. The van der Waals surface area contributed by atoms with Crippen molar-refractivity contribution in [1.82, 2.24) is 10.2 Å². The Balaban J connectivity index is 1.53. The SMILES string of the molecule is O=C(Cc1cccs1)NC1CCN(C(=O)c2cc(O)c(O)c(O)c2)CC1. The maximum atomic E-state index is 12.5. The first kappa shape index (κ1) is 18.1. The smallest absolute Gasteiger partial charge is 0.254 e. The molecular formula is C18H20N2O5S. The Labute approximate surface area is 154 Å². The number of phenols is 3. The number of nitrogens with zero attached hydrogens (tertiary/aromatic N) is 1. The van der Waals surface area contributed by atoms with Crippen LogP contribution in [0.2, 0.25) is 0 Å². The van der Waals surface area contributed by atoms with Gasteiger partial charge in [0, 0.05) is 29.6 Å². The first-order valence-corrected chi connectivity index (χ1v) is 9.18. The van der Waals surface area contributed by atoms with Crippen LogP contribution in [0.25, 0.3) is 0 Å². The highest BCUT2D eigenvalue weighted by molar-refractivity contribution is 7.10. The zero-order chi connectivity index (χ0) is 18.7. The molecule has 0 atom stereocenters. The maximum Gasteiger partial charge on any atom is 0.254 e. The van der Waals surface area contributed by atoms with Crippen molar-refractivity contribution in [2.45, 2.75) is 25.3 Å². The van der Waals surface area contributed by atoms with E-state index in [0.717, 1.165) is 17.0 Å². The third-order valence-electron chi connectivity index (χ3n) is 4.38. The third kappa shape index (κ3) is 4.08. The van der Waals surface area contributed by atoms with E-state index in [9.17, 15) is 24.9 Å². The Morgan fingerprint density at radius 2 is 1.81 bits per heavy atom. The summed E-state index contributed by atoms with van der Waals surface area (Å²) >= 11 is 1.55. The number of carbonyl (C=O) groups is 2. The van der Waals surface area contributed by atoms with Gasteiger partial charge in [-0.1, -0.05) is 6.07 Å². The second-order valence-electron chi connectivity index (χ2n) is 6.25. The van der Waals surface area contributed by atoms with E-state index >= 15 is 0 Å². The number of likely N-dealkylation sites (tertiary alicyclic amines) is 1. The highest BCUT2D eigenvalue weighted by Gasteiger charge is 2.25. The number of amides is 2. The molecule has 1 aromatic heterocycles. The van der Waals surface area contributed by atoms with Crippen LogP contribution >= 0.6 is 11.3 Å². The van der Waals surface area contributed by atoms with Gasteiger partial charge in [-0.15, -0.1) is 11.3 Å². The van der Waals surface area contributed by atoms with Crippen molar-refractivity contribution in [3.8, 4) is 17.2 Å². The molecule has 3 rings (SSSR count). The van der Waals surface area contributed by atoms with Gasteiger partial charge in [0.1, 0.15) is 0 Å². The predicted molar refractivity (Wildman–Crippen MR) is 96.5 cm³/mol. The molecule has 7 nitrogen and oxygen atoms in total. The molecule has 0 spiro atoms. The number of rotatable bonds is 4. The Kier molecular flexibility index (Phi) is 5.32. The summed E-state index contributed by atoms with van der Waals surface area (Å²) in [5.74, 6) is -2.08. The molecule has 4 N–H and O–H groups in total. The fourth-order valence-electron chi connectivity index (χ4n) is 2.99. The van der Waals surface area contributed by atoms with Crippen molar-refractivity contribution in [3.63, 3.8) is 0 Å². The largest absolute Gasteiger partial charge is 0.504 e. The molecule has 8 heteroatoms. The summed E-state index contributed by atoms with van der Waals surface area (Å²) in [7, 11) is 0. The lowest BCUT2D eigenvalue weighted by molar-refractivity contribution is -0.121. The number of benzene rings is 1. The van der Waals surface area contributed by atoms with Gasteiger partial charge in [-0.2, -0.15) is 0 Å². The lowest BCUT2D eigenvalue weighted by Crippen LogP contribution is -2.46. The maximum absolute atomic E-state index is 12.5. The molecule has 2 heterocycles. The van der Waals surface area contributed by atoms with Crippen molar-refractivity contribution >= 4 is 23.2 Å². The molecule has 138 valence electrons. The molecule has 0 radical (unpaired) electrons. The van der Waals surface area contributed by atoms with Gasteiger partial charge in [-0.05, 0) is 36.4 Å². The van der Waals surface area contributed by atoms with Gasteiger partial charge in [0.05, 0.1) is 6.42 Å². The molecule has 0 unspecified atom stereocenters. The highest BCUT2D eigenvalue weighted by atomic mass is 32.1. The number of phenolic OH excluding ortho intramolecular Hbond substituents is 3. The van der Waals surface area contributed by atoms with E-state index in [1.54, 1.807) is 16.2 Å². The molecule has 2 aromatic rings. The van der Waals surface area contributed by atoms with Gasteiger partial charge < -0.3 is 25.5 Å². The Bertz CT molecular complexity index is 775. The molecule has 0 aliphatic carbocycles. The molecule has 0 saturated carbocycles. The third-order valence-corrected chi connectivity index (χ3v) is 5.26. The van der Waals surface area contributed by atoms with Crippen LogP contribution in [-0.2, 0) is 11.2 Å². The number of hydrogen-bond donors (Lipinski definition) is 4. The van der Waals surface area contributed by atoms with Crippen LogP contribution in [0.1, 0.15) is 28.1 Å². The summed E-state index contributed by atoms with van der Waals surface area (Å²) in [5, 5.41) is 33.4. The monoisotopic (exact) mass is 376 g/mol. The van der Waals surface area contributed by atoms with E-state index in [4.69, 9.17) is 0 Å². The minimum atomic E-state index is -0.645. The number of nitrogens with one attached hydrogen (secondary N) is 1. The number of aromatic hydroxyl groups is 3. The standard InChI is InChI=1S/C18H20N2O5S/c21-14-8-11(9-15(22)17(14)24)18(25)20-5-3-12(4-6-20)19-16(23)10-13-2-1-7-26-13/h1-2,7-9,12,21-22,24H,3-6,10H2,(H,19,23). The average molecular weight is 376 g/mol. The predicted octanol–water partition coefficient (Wildman–Crippen LogP) is 1.83. The minimum Gasteiger partial charge on any atom is -0.504 e. The van der Waals surface area contributed by atoms with Gasteiger partial charge in [0.15, 0.2) is 17.2 Å². The molecule has 2 amide bonds. The first-order chi connectivity index (χ1) is 12.4. The van der Waals surface area contributed by atoms with E-state index < -0.39 is 17.2 Å². The number of hydrogen-bond acceptors (Lipinski definition) is 6. The van der Waals surface area contributed by atoms with Gasteiger partial charge >= 0.3 is 0 Å². The van der Waals surface area contributed by atoms with Crippen LogP contribution in [-0.4, -0.2) is 51.2 Å². The van der Waals surface area contributed by atoms with Crippen molar-refractivity contribution in [3.05, 3.63) is 40.1 Å². The molecule has 1 aromatic carbocycles. The molecule has 0 bridgehead atoms. The van der Waals surface area contributed by atoms with E-state index in [2.05, 4.69) is 5.32 Å². The van der Waals surface area contributed by atoms with Crippen molar-refractivity contribution in [1.29, 1.82) is 0 Å². The summed E-state index contributed by atoms with van der Waals surface area (Å²) in [6, 6.07) is 6.12. The number of piperidine rings is 1. The van der Waals surface area contributed by atoms with E-state index in [-0.39, 0.29) is 23.4 Å². The van der Waals surface area contributed by atoms with Crippen LogP contribution in [0, 0.1) is 0 Å². The zero-order valence-electron chi connectivity index (χ0n) is 14.0. The Morgan fingerprint density at radius 3 is 2.38 bits per heavy atom. The van der Waals surface area contributed by atoms with Crippen molar-refractivity contribution < 1.29 is 24.9 Å². The lowest BCUT2D eigenvalue weighted by Gasteiger charge is -2.32. The van der Waals surface area contributed by atoms with Crippen LogP contribution in [0.5, 0.6) is 17.2 Å². The van der Waals surface area contributed by atoms with Gasteiger partial charge in [0.25, 0.3) is 5.91 Å². The fraction of sp³-hybridized carbons (Fsp3) is 0.333. The minimum absolute atomic E-state index is 0.0214. The van der Waals surface area contributed by atoms with E-state index in [1.807, 2.05) is 17.5 Å². The summed E-state index contributed by atoms with van der Waals surface area (Å²) in [6.45, 7) is 0.927. The molecule has 1 aliphatic heterocycles. The van der Waals surface area contributed by atoms with Crippen molar-refractivity contribution in [2.24, 2.45) is 0 Å². The van der Waals surface area contributed by atoms with Crippen LogP contribution in [0.15, 0.2) is 29.6 Å². The molecule has 1 aliphatic rings. The second kappa shape index (κ2) is 7.65. The normalized spacial score (nSPS) is 15.0. The van der Waals surface area contributed by atoms with Crippen LogP contribution in [0.3, 0.4) is 0 Å². The Morgan fingerprint density at radius 1 is 1.15 bits per heavy atom. The Hall–Kier alpha value is -2.74. The van der Waals surface area contributed by atoms with E-state index in [0.29, 0.717) is 32.4 Å². The van der Waals surface area contributed by atoms with Gasteiger partial charge in [-0.25, -0.2) is 0 Å². The number of thiophene rings is 1. The summed E-state index contributed by atoms with van der Waals surface area (Å²) in [4.78, 5) is 27.2. The molecule has 1 saturated heterocycles. The zero-order valence-corrected chi connectivity index (χ0v) is 14.8. The lowest BCUT2D eigenvalue weighted by atomic mass is 10.0. The van der Waals surface area contributed by atoms with Crippen molar-refractivity contribution in [2.75, 3.05) is 13.1 Å². The highest BCUT2D eigenvalue weighted by Crippen LogP contribution is 2.35. The fourth-order valence-corrected chi connectivity index (χ4v) is 3.69. The average Bonchev–Trinajstić information content (AvgIpc) is 3.12. The quantitative estimate of drug-likeness (QED) is 0.609. The summed E-state index contributed by atoms with van der Waals surface area (Å²) in [5.41, 5.74) is 0.109. The van der Waals surface area contributed by atoms with Crippen LogP contribution in [0.4, 0.5) is 0 Å². The molecular weight excluding hydrogens is 356 g/mol. The number of carbonyl (C=O) groups excluding carboxylic acids is 2. The molecule has 26 heavy (non-hydrogen) atoms. The first-order valence-electron chi connectivity index (χ1n) is 8.30. The topological polar surface area (TPSA) is 110 Å². The second-order valence-corrected chi connectivity index (χ2v) is 7.29. The van der Waals surface area contributed by atoms with Gasteiger partial charge in [0.2, 0.25) is 5.91 Å². The van der Waals surface area contributed by atoms with E-state index in [1.165, 1.54) is 0 Å². The molecule has 1 fully saturated rings. The van der Waals surface area contributed by atoms with Crippen LogP contribution < -0.4 is 5.32 Å². The summed E-state index contributed by atoms with van der Waals surface area (Å²) < 4.78 is 0. The van der Waals surface area contributed by atoms with Gasteiger partial charge in [-0.3, -0.25) is 9.59 Å².